The maximum absolute atomic E-state index is 4.25. The summed E-state index contributed by atoms with van der Waals surface area (Å²) in [5, 5.41) is 0. The Hall–Kier alpha value is -0.987. The number of nitrogens with zero attached hydrogens (tertiary/aromatic N) is 2. The molecule has 4 rings (SSSR count). The van der Waals surface area contributed by atoms with Crippen LogP contribution in [0.3, 0.4) is 0 Å². The molecule has 0 aliphatic carbocycles. The van der Waals surface area contributed by atoms with E-state index in [2.05, 4.69) is 52.9 Å². The Labute approximate surface area is 232 Å². The normalized spacial score (nSPS) is 9.27. The van der Waals surface area contributed by atoms with Gasteiger partial charge in [0.2, 0.25) is 0 Å². The summed E-state index contributed by atoms with van der Waals surface area (Å²) in [5.41, 5.74) is 7.22. The van der Waals surface area contributed by atoms with E-state index in [1.165, 1.54) is 0 Å². The Bertz CT molecular complexity index is 1050. The first kappa shape index (κ1) is 29.0. The van der Waals surface area contributed by atoms with Crippen LogP contribution in [0.25, 0.3) is 33.5 Å². The van der Waals surface area contributed by atoms with Crippen LogP contribution in [-0.2, 0) is 72.5 Å². The van der Waals surface area contributed by atoms with Gasteiger partial charge in [-0.15, -0.1) is 17.7 Å². The first-order chi connectivity index (χ1) is 12.7. The van der Waals surface area contributed by atoms with Gasteiger partial charge in [0, 0.05) is 41.1 Å². The van der Waals surface area contributed by atoms with Gasteiger partial charge in [-0.3, -0.25) is 4.98 Å². The number of hydrogen-bond acceptors (Lipinski definition) is 1. The molecule has 0 aliphatic rings. The summed E-state index contributed by atoms with van der Waals surface area (Å²) < 4.78 is 2.06. The summed E-state index contributed by atoms with van der Waals surface area (Å²) in [6, 6.07) is 29.4. The zero-order chi connectivity index (χ0) is 17.9. The van der Waals surface area contributed by atoms with Crippen molar-refractivity contribution in [1.29, 1.82) is 0 Å². The van der Waals surface area contributed by atoms with Crippen molar-refractivity contribution in [2.24, 2.45) is 7.05 Å². The zero-order valence-electron chi connectivity index (χ0n) is 17.5. The topological polar surface area (TPSA) is 16.8 Å². The van der Waals surface area contributed by atoms with Crippen molar-refractivity contribution in [3.8, 4) is 33.5 Å². The molecular weight excluding hydrogens is 517 g/mol. The van der Waals surface area contributed by atoms with Crippen LogP contribution in [0.4, 0.5) is 0 Å². The Morgan fingerprint density at radius 1 is 0.900 bits per heavy atom. The molecule has 0 unspecified atom stereocenters. The smallest absolute Gasteiger partial charge is 0.358 e. The minimum atomic E-state index is 0. The molecule has 4 aromatic rings. The second-order valence-corrected chi connectivity index (χ2v) is 6.18. The summed E-state index contributed by atoms with van der Waals surface area (Å²) in [6.45, 7) is 2.09. The first-order valence-electron chi connectivity index (χ1n) is 8.46. The van der Waals surface area contributed by atoms with Crippen molar-refractivity contribution < 1.29 is 70.0 Å². The maximum Gasteiger partial charge on any atom is 3.00 e. The van der Waals surface area contributed by atoms with E-state index >= 15 is 0 Å². The number of aromatic nitrogens is 2. The fraction of sp³-hybridized carbons (Fsp3) is 0.0800. The van der Waals surface area contributed by atoms with Gasteiger partial charge >= 0.3 is 32.7 Å². The van der Waals surface area contributed by atoms with E-state index in [0.717, 1.165) is 39.1 Å². The zero-order valence-corrected chi connectivity index (χ0v) is 23.2. The van der Waals surface area contributed by atoms with Crippen LogP contribution in [0.1, 0.15) is 5.56 Å². The molecule has 1 aromatic heterocycles. The quantitative estimate of drug-likeness (QED) is 0.214. The summed E-state index contributed by atoms with van der Waals surface area (Å²) in [4.78, 5) is 4.25. The second-order valence-electron chi connectivity index (χ2n) is 6.18. The molecule has 0 saturated carbocycles. The molecule has 2 nitrogen and oxygen atoms in total. The molecule has 0 fully saturated rings. The minimum Gasteiger partial charge on any atom is -0.358 e. The monoisotopic (exact) mass is 537 g/mol. The Morgan fingerprint density at radius 3 is 2.20 bits per heavy atom. The second kappa shape index (κ2) is 13.4. The molecule has 0 spiro atoms. The van der Waals surface area contributed by atoms with Gasteiger partial charge in [-0.2, -0.15) is 36.4 Å². The fourth-order valence-electron chi connectivity index (χ4n) is 2.91. The Balaban J connectivity index is 0.00000210. The molecule has 30 heavy (non-hydrogen) atoms. The molecule has 0 bridgehead atoms. The van der Waals surface area contributed by atoms with Gasteiger partial charge in [-0.05, 0) is 0 Å². The predicted octanol–water partition coefficient (Wildman–Crippen LogP) is 4.48. The molecule has 0 aliphatic heterocycles. The van der Waals surface area contributed by atoms with Crippen LogP contribution in [0.15, 0.2) is 67.1 Å². The van der Waals surface area contributed by atoms with E-state index in [1.807, 2.05) is 55.8 Å². The van der Waals surface area contributed by atoms with Gasteiger partial charge in [0.05, 0.1) is 12.4 Å². The third-order valence-electron chi connectivity index (χ3n) is 4.40. The van der Waals surface area contributed by atoms with Crippen LogP contribution in [-0.4, -0.2) is 13.4 Å². The molecule has 1 heterocycles. The van der Waals surface area contributed by atoms with Crippen molar-refractivity contribution in [2.45, 2.75) is 6.92 Å². The van der Waals surface area contributed by atoms with Crippen LogP contribution in [0.2, 0.25) is 0 Å². The van der Waals surface area contributed by atoms with E-state index in [1.54, 1.807) is 6.20 Å². The molecule has 3 aromatic carbocycles. The van der Waals surface area contributed by atoms with E-state index in [4.69, 9.17) is 0 Å². The molecular formula is C25H20BN2Y2-. The maximum atomic E-state index is 4.25. The van der Waals surface area contributed by atoms with E-state index < -0.39 is 0 Å². The van der Waals surface area contributed by atoms with Gasteiger partial charge in [0.25, 0.3) is 0 Å². The third-order valence-corrected chi connectivity index (χ3v) is 4.40. The van der Waals surface area contributed by atoms with E-state index in [-0.39, 0.29) is 81.3 Å². The van der Waals surface area contributed by atoms with Crippen LogP contribution < -0.4 is 4.57 Å². The van der Waals surface area contributed by atoms with Crippen molar-refractivity contribution in [3.05, 3.63) is 104 Å². The first-order valence-corrected chi connectivity index (χ1v) is 8.46. The molecule has 140 valence electrons. The minimum absolute atomic E-state index is 0. The van der Waals surface area contributed by atoms with E-state index in [9.17, 15) is 0 Å². The summed E-state index contributed by atoms with van der Waals surface area (Å²) in [5.74, 6) is 0. The van der Waals surface area contributed by atoms with Gasteiger partial charge in [-0.25, -0.2) is 51.1 Å². The van der Waals surface area contributed by atoms with Crippen LogP contribution in [0, 0.1) is 38.6 Å². The molecule has 4 radical (unpaired) electrons. The van der Waals surface area contributed by atoms with Gasteiger partial charge in [-0.1, -0.05) is 12.5 Å². The average Bonchev–Trinajstić information content (AvgIpc) is 2.70. The van der Waals surface area contributed by atoms with E-state index in [0.29, 0.717) is 0 Å². The van der Waals surface area contributed by atoms with Crippen LogP contribution in [0.5, 0.6) is 0 Å². The standard InChI is InChI=1S/C24H17N2.CH3.B.2Y/c1-18-8-9-22(16-23(18)24-17-25-14-15-26(24)2)21-12-10-20(11-13-21)19-6-4-3-5-7-19;;;;/h3-6,8-10,13-15,17H,1-2H3;1H3;;;/q-3;-1;;;+3. The van der Waals surface area contributed by atoms with Gasteiger partial charge in [0.1, 0.15) is 7.05 Å². The number of hydrogen-bond donors (Lipinski definition) is 0. The van der Waals surface area contributed by atoms with Crippen molar-refractivity contribution >= 4 is 8.41 Å². The molecule has 0 atom stereocenters. The summed E-state index contributed by atoms with van der Waals surface area (Å²) in [7, 11) is 2.02. The summed E-state index contributed by atoms with van der Waals surface area (Å²) in [6.07, 6.45) is 5.60. The Kier molecular flexibility index (Phi) is 13.0. The number of aryl methyl sites for hydroxylation is 2. The van der Waals surface area contributed by atoms with Crippen molar-refractivity contribution in [2.75, 3.05) is 0 Å². The van der Waals surface area contributed by atoms with Gasteiger partial charge in [0.15, 0.2) is 11.9 Å². The largest absolute Gasteiger partial charge is 3.00 e. The average molecular weight is 537 g/mol. The number of benzene rings is 3. The molecule has 0 saturated heterocycles. The van der Waals surface area contributed by atoms with Crippen molar-refractivity contribution in [3.63, 3.8) is 0 Å². The van der Waals surface area contributed by atoms with Crippen molar-refractivity contribution in [1.82, 2.24) is 4.98 Å². The third kappa shape index (κ3) is 6.50. The SMILES string of the molecule is Cc1ccc(-c2[c-]cc(-c3[c-]cccc3)[c-]c2)[c-]c1-c1cncc[n+]1C.[B].[CH3-].[Y+3].[Y]. The van der Waals surface area contributed by atoms with Gasteiger partial charge < -0.3 is 7.43 Å². The molecule has 0 amide bonds. The molecule has 0 N–H and O–H groups in total. The Morgan fingerprint density at radius 2 is 1.60 bits per heavy atom. The van der Waals surface area contributed by atoms with Crippen LogP contribution >= 0.6 is 0 Å². The molecule has 5 heteroatoms. The number of rotatable bonds is 3. The fourth-order valence-corrected chi connectivity index (χ4v) is 2.91. The summed E-state index contributed by atoms with van der Waals surface area (Å²) >= 11 is 0. The predicted molar refractivity (Wildman–Crippen MR) is 114 cm³/mol.